The molecule has 2 saturated heterocycles. The van der Waals surface area contributed by atoms with Crippen molar-refractivity contribution in [1.82, 2.24) is 10.6 Å². The fourth-order valence-electron chi connectivity index (χ4n) is 5.56. The molecule has 0 aromatic heterocycles. The molecule has 3 aliphatic rings. The summed E-state index contributed by atoms with van der Waals surface area (Å²) in [7, 11) is 0. The van der Waals surface area contributed by atoms with Gasteiger partial charge in [0.2, 0.25) is 12.2 Å². The first kappa shape index (κ1) is 31.3. The maximum atomic E-state index is 12.9. The lowest BCUT2D eigenvalue weighted by molar-refractivity contribution is -0.155. The van der Waals surface area contributed by atoms with Gasteiger partial charge in [-0.3, -0.25) is 4.79 Å². The van der Waals surface area contributed by atoms with Crippen LogP contribution in [-0.4, -0.2) is 111 Å². The summed E-state index contributed by atoms with van der Waals surface area (Å²) < 4.78 is 22.0. The Balaban J connectivity index is 1.18. The second-order valence-electron chi connectivity index (χ2n) is 11.1. The molecule has 2 unspecified atom stereocenters. The van der Waals surface area contributed by atoms with E-state index in [0.717, 1.165) is 5.56 Å². The maximum absolute atomic E-state index is 12.9. The predicted octanol–water partition coefficient (Wildman–Crippen LogP) is -0.878. The van der Waals surface area contributed by atoms with Crippen LogP contribution >= 0.6 is 0 Å². The van der Waals surface area contributed by atoms with Gasteiger partial charge in [-0.15, -0.1) is 0 Å². The van der Waals surface area contributed by atoms with Crippen molar-refractivity contribution in [2.24, 2.45) is 0 Å². The highest BCUT2D eigenvalue weighted by atomic mass is 16.7. The number of phenolic OH excluding ortho intramolecular Hbond substituents is 1. The Labute approximate surface area is 248 Å². The number of benzene rings is 2. The van der Waals surface area contributed by atoms with E-state index in [1.165, 1.54) is 25.1 Å². The predicted molar refractivity (Wildman–Crippen MR) is 150 cm³/mol. The first-order valence-electron chi connectivity index (χ1n) is 14.1. The van der Waals surface area contributed by atoms with Gasteiger partial charge in [0.05, 0.1) is 6.04 Å². The minimum absolute atomic E-state index is 0.00294. The average molecular weight is 603 g/mol. The van der Waals surface area contributed by atoms with Crippen LogP contribution in [0.3, 0.4) is 0 Å². The molecule has 13 nitrogen and oxygen atoms in total. The molecular formula is C30H38N2O11. The number of aromatic hydroxyl groups is 1. The van der Waals surface area contributed by atoms with E-state index >= 15 is 0 Å². The highest BCUT2D eigenvalue weighted by Gasteiger charge is 2.53. The van der Waals surface area contributed by atoms with Crippen molar-refractivity contribution in [3.8, 4) is 11.5 Å². The van der Waals surface area contributed by atoms with E-state index in [1.54, 1.807) is 6.07 Å². The standard InChI is InChI=1S/C30H38N2O11/c1-14(29(39)32-20-21(34)23(36)28-27(22(20)35)40-13-41-28)10-17-8-9-19(18(33)11-17)42-30-25(38)24(37)26(43-30)15(2)31-12-16-6-4-3-5-7-16/h3-11,15,20-28,30-31,33-38H,12-13H2,1-2H3,(H,32,39)/b14-10-/t15?,20-,21+,22-,23-,24+,25+,26?,27+,28-,30-/m1/s1. The van der Waals surface area contributed by atoms with Gasteiger partial charge in [0.1, 0.15) is 55.6 Å². The summed E-state index contributed by atoms with van der Waals surface area (Å²) in [6.07, 6.45) is -9.08. The molecule has 0 radical (unpaired) electrons. The Morgan fingerprint density at radius 1 is 0.977 bits per heavy atom. The van der Waals surface area contributed by atoms with Gasteiger partial charge in [-0.25, -0.2) is 0 Å². The summed E-state index contributed by atoms with van der Waals surface area (Å²) in [6, 6.07) is 12.5. The normalized spacial score (nSPS) is 34.9. The number of ether oxygens (including phenoxy) is 4. The van der Waals surface area contributed by atoms with Crippen LogP contribution in [0.15, 0.2) is 54.1 Å². The number of amides is 1. The molecule has 234 valence electrons. The van der Waals surface area contributed by atoms with Crippen LogP contribution in [0, 0.1) is 0 Å². The molecule has 2 aliphatic heterocycles. The topological polar surface area (TPSA) is 199 Å². The van der Waals surface area contributed by atoms with Crippen molar-refractivity contribution in [2.45, 2.75) is 87.6 Å². The number of hydrogen-bond donors (Lipinski definition) is 8. The molecule has 2 aromatic carbocycles. The molecule has 2 heterocycles. The maximum Gasteiger partial charge on any atom is 0.247 e. The van der Waals surface area contributed by atoms with Gasteiger partial charge in [0, 0.05) is 18.2 Å². The number of carbonyl (C=O) groups is 1. The fourth-order valence-corrected chi connectivity index (χ4v) is 5.56. The lowest BCUT2D eigenvalue weighted by atomic mass is 9.83. The van der Waals surface area contributed by atoms with Crippen LogP contribution < -0.4 is 15.4 Å². The van der Waals surface area contributed by atoms with E-state index in [1.807, 2.05) is 37.3 Å². The lowest BCUT2D eigenvalue weighted by Gasteiger charge is -2.41. The van der Waals surface area contributed by atoms with E-state index < -0.39 is 67.1 Å². The summed E-state index contributed by atoms with van der Waals surface area (Å²) in [6.45, 7) is 3.73. The van der Waals surface area contributed by atoms with Gasteiger partial charge < -0.3 is 60.2 Å². The SMILES string of the molecule is C/C(=C/c1ccc(O[C@@H]2OC(C(C)NCc3ccccc3)[C@@H](O)[C@@H]2O)c(O)c1)C(=O)N[C@@H]1[C@H](O)[C@@H](O)[C@H]2OCO[C@H]2[C@@H]1O. The smallest absolute Gasteiger partial charge is 0.247 e. The van der Waals surface area contributed by atoms with Crippen LogP contribution in [-0.2, 0) is 25.5 Å². The number of rotatable bonds is 9. The molecular weight excluding hydrogens is 564 g/mol. The Morgan fingerprint density at radius 3 is 2.37 bits per heavy atom. The number of aliphatic hydroxyl groups excluding tert-OH is 5. The van der Waals surface area contributed by atoms with Crippen LogP contribution in [0.5, 0.6) is 11.5 Å². The molecule has 8 N–H and O–H groups in total. The molecule has 1 saturated carbocycles. The third-order valence-electron chi connectivity index (χ3n) is 8.09. The average Bonchev–Trinajstić information content (AvgIpc) is 3.60. The Kier molecular flexibility index (Phi) is 9.66. The molecule has 0 bridgehead atoms. The van der Waals surface area contributed by atoms with Crippen molar-refractivity contribution < 1.29 is 54.4 Å². The summed E-state index contributed by atoms with van der Waals surface area (Å²) in [4.78, 5) is 12.9. The second kappa shape index (κ2) is 13.3. The van der Waals surface area contributed by atoms with E-state index in [4.69, 9.17) is 18.9 Å². The minimum atomic E-state index is -1.48. The third-order valence-corrected chi connectivity index (χ3v) is 8.09. The molecule has 3 fully saturated rings. The van der Waals surface area contributed by atoms with Gasteiger partial charge >= 0.3 is 0 Å². The number of phenols is 1. The summed E-state index contributed by atoms with van der Waals surface area (Å²) in [5.41, 5.74) is 1.67. The number of fused-ring (bicyclic) bond motifs is 1. The largest absolute Gasteiger partial charge is 0.504 e. The third kappa shape index (κ3) is 6.70. The number of carbonyl (C=O) groups excluding carboxylic acids is 1. The molecule has 0 spiro atoms. The highest BCUT2D eigenvalue weighted by Crippen LogP contribution is 2.33. The molecule has 1 aliphatic carbocycles. The Hall–Kier alpha value is -3.11. The number of nitrogens with one attached hydrogen (secondary N) is 2. The van der Waals surface area contributed by atoms with E-state index in [-0.39, 0.29) is 29.9 Å². The Bertz CT molecular complexity index is 1290. The van der Waals surface area contributed by atoms with Gasteiger partial charge in [0.25, 0.3) is 0 Å². The summed E-state index contributed by atoms with van der Waals surface area (Å²) in [5.74, 6) is -0.918. The number of aliphatic hydroxyl groups is 5. The second-order valence-corrected chi connectivity index (χ2v) is 11.1. The molecule has 5 rings (SSSR count). The van der Waals surface area contributed by atoms with Crippen LogP contribution in [0.2, 0.25) is 0 Å². The zero-order chi connectivity index (χ0) is 30.8. The molecule has 43 heavy (non-hydrogen) atoms. The fraction of sp³-hybridized carbons (Fsp3) is 0.500. The quantitative estimate of drug-likeness (QED) is 0.165. The highest BCUT2D eigenvalue weighted by molar-refractivity contribution is 5.97. The van der Waals surface area contributed by atoms with Gasteiger partial charge in [-0.05, 0) is 43.2 Å². The molecule has 11 atom stereocenters. The zero-order valence-electron chi connectivity index (χ0n) is 23.7. The zero-order valence-corrected chi connectivity index (χ0v) is 23.7. The van der Waals surface area contributed by atoms with Crippen LogP contribution in [0.1, 0.15) is 25.0 Å². The number of hydrogen-bond acceptors (Lipinski definition) is 12. The van der Waals surface area contributed by atoms with Crippen molar-refractivity contribution >= 4 is 12.0 Å². The van der Waals surface area contributed by atoms with Crippen LogP contribution in [0.25, 0.3) is 6.08 Å². The van der Waals surface area contributed by atoms with Gasteiger partial charge in [0.15, 0.2) is 11.5 Å². The Morgan fingerprint density at radius 2 is 1.67 bits per heavy atom. The van der Waals surface area contributed by atoms with Gasteiger partial charge in [-0.2, -0.15) is 0 Å². The summed E-state index contributed by atoms with van der Waals surface area (Å²) >= 11 is 0. The monoisotopic (exact) mass is 602 g/mol. The van der Waals surface area contributed by atoms with E-state index in [0.29, 0.717) is 12.1 Å². The van der Waals surface area contributed by atoms with Crippen molar-refractivity contribution in [2.75, 3.05) is 6.79 Å². The van der Waals surface area contributed by atoms with E-state index in [2.05, 4.69) is 10.6 Å². The van der Waals surface area contributed by atoms with Gasteiger partial charge in [-0.1, -0.05) is 36.4 Å². The van der Waals surface area contributed by atoms with E-state index in [9.17, 15) is 35.4 Å². The van der Waals surface area contributed by atoms with Crippen LogP contribution in [0.4, 0.5) is 0 Å². The van der Waals surface area contributed by atoms with Crippen molar-refractivity contribution in [1.29, 1.82) is 0 Å². The van der Waals surface area contributed by atoms with Crippen molar-refractivity contribution in [3.05, 3.63) is 65.2 Å². The molecule has 1 amide bonds. The first-order chi connectivity index (χ1) is 20.5. The molecule has 13 heteroatoms. The molecule has 2 aromatic rings. The first-order valence-corrected chi connectivity index (χ1v) is 14.1. The lowest BCUT2D eigenvalue weighted by Crippen LogP contribution is -2.67. The minimum Gasteiger partial charge on any atom is -0.504 e. The van der Waals surface area contributed by atoms with Crippen molar-refractivity contribution in [3.63, 3.8) is 0 Å². The summed E-state index contributed by atoms with van der Waals surface area (Å²) in [5, 5.41) is 68.9.